The highest BCUT2D eigenvalue weighted by Gasteiger charge is 2.25. The van der Waals surface area contributed by atoms with E-state index in [0.717, 1.165) is 12.8 Å². The first kappa shape index (κ1) is 18.9. The molecule has 1 aliphatic carbocycles. The number of rotatable bonds is 5. The van der Waals surface area contributed by atoms with E-state index in [2.05, 4.69) is 5.32 Å². The monoisotopic (exact) mass is 360 g/mol. The number of carbonyl (C=O) groups excluding carboxylic acids is 2. The SMILES string of the molecule is O=C(CC1CCCCC1)NCC1CCN(C(=O)c2ccccc2F)CC1. The van der Waals surface area contributed by atoms with Crippen LogP contribution in [-0.2, 0) is 4.79 Å². The molecular weight excluding hydrogens is 331 g/mol. The Labute approximate surface area is 155 Å². The van der Waals surface area contributed by atoms with Gasteiger partial charge in [0.05, 0.1) is 5.56 Å². The smallest absolute Gasteiger partial charge is 0.256 e. The largest absolute Gasteiger partial charge is 0.356 e. The quantitative estimate of drug-likeness (QED) is 0.869. The molecule has 0 unspecified atom stereocenters. The molecule has 3 rings (SSSR count). The van der Waals surface area contributed by atoms with Crippen molar-refractivity contribution in [2.75, 3.05) is 19.6 Å². The van der Waals surface area contributed by atoms with Crippen LogP contribution in [0.2, 0.25) is 0 Å². The summed E-state index contributed by atoms with van der Waals surface area (Å²) < 4.78 is 13.8. The molecule has 1 aliphatic heterocycles. The van der Waals surface area contributed by atoms with Crippen molar-refractivity contribution in [3.05, 3.63) is 35.6 Å². The Balaban J connectivity index is 1.39. The van der Waals surface area contributed by atoms with Crippen LogP contribution in [0.1, 0.15) is 61.7 Å². The number of nitrogens with one attached hydrogen (secondary N) is 1. The average Bonchev–Trinajstić information content (AvgIpc) is 2.67. The van der Waals surface area contributed by atoms with Crippen molar-refractivity contribution < 1.29 is 14.0 Å². The van der Waals surface area contributed by atoms with Crippen LogP contribution in [0.4, 0.5) is 4.39 Å². The van der Waals surface area contributed by atoms with Gasteiger partial charge >= 0.3 is 0 Å². The van der Waals surface area contributed by atoms with E-state index in [-0.39, 0.29) is 17.4 Å². The molecule has 2 amide bonds. The number of hydrogen-bond donors (Lipinski definition) is 1. The second-order valence-corrected chi connectivity index (χ2v) is 7.73. The van der Waals surface area contributed by atoms with E-state index in [9.17, 15) is 14.0 Å². The first-order chi connectivity index (χ1) is 12.6. The summed E-state index contributed by atoms with van der Waals surface area (Å²) in [5, 5.41) is 3.08. The van der Waals surface area contributed by atoms with Gasteiger partial charge in [-0.3, -0.25) is 9.59 Å². The van der Waals surface area contributed by atoms with Gasteiger partial charge in [-0.1, -0.05) is 31.4 Å². The number of benzene rings is 1. The Morgan fingerprint density at radius 1 is 1.00 bits per heavy atom. The van der Waals surface area contributed by atoms with Crippen molar-refractivity contribution >= 4 is 11.8 Å². The maximum atomic E-state index is 13.8. The number of halogens is 1. The van der Waals surface area contributed by atoms with Crippen LogP contribution in [0.25, 0.3) is 0 Å². The molecule has 0 atom stereocenters. The van der Waals surface area contributed by atoms with E-state index < -0.39 is 5.82 Å². The van der Waals surface area contributed by atoms with Gasteiger partial charge in [-0.2, -0.15) is 0 Å². The standard InChI is InChI=1S/C21H29FN2O2/c22-19-9-5-4-8-18(19)21(26)24-12-10-17(11-13-24)15-23-20(25)14-16-6-2-1-3-7-16/h4-5,8-9,16-17H,1-3,6-7,10-15H2,(H,23,25). The Hall–Kier alpha value is -1.91. The molecule has 0 bridgehead atoms. The molecule has 4 nitrogen and oxygen atoms in total. The molecule has 1 N–H and O–H groups in total. The lowest BCUT2D eigenvalue weighted by Gasteiger charge is -2.32. The zero-order chi connectivity index (χ0) is 18.4. The summed E-state index contributed by atoms with van der Waals surface area (Å²) in [5.41, 5.74) is 0.145. The fraction of sp³-hybridized carbons (Fsp3) is 0.619. The van der Waals surface area contributed by atoms with Crippen molar-refractivity contribution in [1.82, 2.24) is 10.2 Å². The molecule has 1 heterocycles. The van der Waals surface area contributed by atoms with Gasteiger partial charge in [0.25, 0.3) is 5.91 Å². The lowest BCUT2D eigenvalue weighted by Crippen LogP contribution is -2.42. The first-order valence-electron chi connectivity index (χ1n) is 9.94. The third-order valence-electron chi connectivity index (χ3n) is 5.79. The predicted octanol–water partition coefficient (Wildman–Crippen LogP) is 3.76. The molecule has 26 heavy (non-hydrogen) atoms. The molecule has 2 aliphatic rings. The molecule has 0 aromatic heterocycles. The molecular formula is C21H29FN2O2. The predicted molar refractivity (Wildman–Crippen MR) is 99.2 cm³/mol. The number of nitrogens with zero attached hydrogens (tertiary/aromatic N) is 1. The zero-order valence-corrected chi connectivity index (χ0v) is 15.4. The molecule has 1 aromatic rings. The maximum Gasteiger partial charge on any atom is 0.256 e. The third kappa shape index (κ3) is 5.05. The van der Waals surface area contributed by atoms with Crippen LogP contribution in [0.3, 0.4) is 0 Å². The Kier molecular flexibility index (Phi) is 6.64. The fourth-order valence-corrected chi connectivity index (χ4v) is 4.13. The zero-order valence-electron chi connectivity index (χ0n) is 15.4. The third-order valence-corrected chi connectivity index (χ3v) is 5.79. The molecule has 0 radical (unpaired) electrons. The second kappa shape index (κ2) is 9.15. The summed E-state index contributed by atoms with van der Waals surface area (Å²) in [4.78, 5) is 26.3. The van der Waals surface area contributed by atoms with Gasteiger partial charge in [-0.15, -0.1) is 0 Å². The molecule has 142 valence electrons. The van der Waals surface area contributed by atoms with Gasteiger partial charge in [0.1, 0.15) is 5.82 Å². The van der Waals surface area contributed by atoms with Crippen LogP contribution >= 0.6 is 0 Å². The van der Waals surface area contributed by atoms with Crippen molar-refractivity contribution in [1.29, 1.82) is 0 Å². The van der Waals surface area contributed by atoms with Gasteiger partial charge in [0.15, 0.2) is 0 Å². The number of piperidine rings is 1. The van der Waals surface area contributed by atoms with Crippen molar-refractivity contribution in [3.63, 3.8) is 0 Å². The average molecular weight is 360 g/mol. The first-order valence-corrected chi connectivity index (χ1v) is 9.94. The molecule has 1 saturated carbocycles. The Bertz CT molecular complexity index is 620. The summed E-state index contributed by atoms with van der Waals surface area (Å²) in [5.74, 6) is 0.429. The molecule has 1 saturated heterocycles. The van der Waals surface area contributed by atoms with E-state index in [0.29, 0.717) is 37.9 Å². The van der Waals surface area contributed by atoms with Crippen LogP contribution < -0.4 is 5.32 Å². The Morgan fingerprint density at radius 3 is 2.38 bits per heavy atom. The lowest BCUT2D eigenvalue weighted by atomic mass is 9.87. The maximum absolute atomic E-state index is 13.8. The van der Waals surface area contributed by atoms with Crippen LogP contribution in [-0.4, -0.2) is 36.3 Å². The summed E-state index contributed by atoms with van der Waals surface area (Å²) in [6, 6.07) is 6.14. The minimum atomic E-state index is -0.463. The van der Waals surface area contributed by atoms with Gasteiger partial charge < -0.3 is 10.2 Å². The highest BCUT2D eigenvalue weighted by Crippen LogP contribution is 2.26. The fourth-order valence-electron chi connectivity index (χ4n) is 4.13. The van der Waals surface area contributed by atoms with Gasteiger partial charge in [-0.05, 0) is 49.7 Å². The summed E-state index contributed by atoms with van der Waals surface area (Å²) in [6.45, 7) is 1.93. The highest BCUT2D eigenvalue weighted by molar-refractivity contribution is 5.94. The lowest BCUT2D eigenvalue weighted by molar-refractivity contribution is -0.122. The van der Waals surface area contributed by atoms with Crippen molar-refractivity contribution in [3.8, 4) is 0 Å². The molecule has 5 heteroatoms. The van der Waals surface area contributed by atoms with E-state index in [4.69, 9.17) is 0 Å². The molecule has 2 fully saturated rings. The minimum Gasteiger partial charge on any atom is -0.356 e. The van der Waals surface area contributed by atoms with E-state index in [1.807, 2.05) is 0 Å². The molecule has 1 aromatic carbocycles. The van der Waals surface area contributed by atoms with Gasteiger partial charge in [0.2, 0.25) is 5.91 Å². The van der Waals surface area contributed by atoms with Crippen LogP contribution in [0, 0.1) is 17.7 Å². The highest BCUT2D eigenvalue weighted by atomic mass is 19.1. The van der Waals surface area contributed by atoms with E-state index in [1.165, 1.54) is 44.2 Å². The number of hydrogen-bond acceptors (Lipinski definition) is 2. The summed E-state index contributed by atoms with van der Waals surface area (Å²) in [6.07, 6.45) is 8.55. The van der Waals surface area contributed by atoms with E-state index in [1.54, 1.807) is 17.0 Å². The second-order valence-electron chi connectivity index (χ2n) is 7.73. The minimum absolute atomic E-state index is 0.145. The van der Waals surface area contributed by atoms with Gasteiger partial charge in [-0.25, -0.2) is 4.39 Å². The van der Waals surface area contributed by atoms with Crippen LogP contribution in [0.15, 0.2) is 24.3 Å². The van der Waals surface area contributed by atoms with Crippen molar-refractivity contribution in [2.45, 2.75) is 51.4 Å². The number of carbonyl (C=O) groups is 2. The van der Waals surface area contributed by atoms with Crippen molar-refractivity contribution in [2.24, 2.45) is 11.8 Å². The summed E-state index contributed by atoms with van der Waals surface area (Å²) >= 11 is 0. The Morgan fingerprint density at radius 2 is 1.69 bits per heavy atom. The summed E-state index contributed by atoms with van der Waals surface area (Å²) in [7, 11) is 0. The van der Waals surface area contributed by atoms with Gasteiger partial charge in [0, 0.05) is 26.1 Å². The normalized spacial score (nSPS) is 19.3. The number of amides is 2. The topological polar surface area (TPSA) is 49.4 Å². The van der Waals surface area contributed by atoms with E-state index >= 15 is 0 Å². The van der Waals surface area contributed by atoms with Crippen LogP contribution in [0.5, 0.6) is 0 Å². The molecule has 0 spiro atoms. The number of likely N-dealkylation sites (tertiary alicyclic amines) is 1.